The fraction of sp³-hybridized carbons (Fsp3) is 0.0222. The van der Waals surface area contributed by atoms with Gasteiger partial charge in [0.2, 0.25) is 0 Å². The molecule has 0 atom stereocenters. The highest BCUT2D eigenvalue weighted by atomic mass is 32.2. The first kappa shape index (κ1) is 34.4. The van der Waals surface area contributed by atoms with Crippen LogP contribution in [0, 0.1) is 0 Å². The largest absolute Gasteiger partial charge is 0.534 e. The fourth-order valence-corrected chi connectivity index (χ4v) is 9.10. The molecule has 0 amide bonds. The Bertz CT molecular complexity index is 2880. The van der Waals surface area contributed by atoms with Gasteiger partial charge in [0.15, 0.2) is 5.75 Å². The Morgan fingerprint density at radius 2 is 0.891 bits per heavy atom. The van der Waals surface area contributed by atoms with E-state index >= 15 is 0 Å². The van der Waals surface area contributed by atoms with E-state index in [1.54, 1.807) is 24.3 Å². The molecule has 0 bridgehead atoms. The van der Waals surface area contributed by atoms with Gasteiger partial charge in [0, 0.05) is 49.7 Å². The molecule has 8 aromatic carbocycles. The lowest BCUT2D eigenvalue weighted by Gasteiger charge is -2.29. The molecular formula is C45H29F3N2O3S2. The number of hydrogen-bond donors (Lipinski definition) is 0. The highest BCUT2D eigenvalue weighted by Gasteiger charge is 2.49. The lowest BCUT2D eigenvalue weighted by molar-refractivity contribution is -0.0499. The molecule has 55 heavy (non-hydrogen) atoms. The van der Waals surface area contributed by atoms with E-state index in [4.69, 9.17) is 4.18 Å². The minimum Gasteiger partial charge on any atom is -0.374 e. The smallest absolute Gasteiger partial charge is 0.374 e. The summed E-state index contributed by atoms with van der Waals surface area (Å²) in [5.41, 5.74) is -0.885. The third kappa shape index (κ3) is 5.90. The molecular weight excluding hydrogens is 738 g/mol. The zero-order chi connectivity index (χ0) is 37.7. The summed E-state index contributed by atoms with van der Waals surface area (Å²) in [6.45, 7) is 0. The average molecular weight is 767 g/mol. The van der Waals surface area contributed by atoms with Crippen molar-refractivity contribution in [2.45, 2.75) is 5.51 Å². The Morgan fingerprint density at radius 1 is 0.473 bits per heavy atom. The van der Waals surface area contributed by atoms with Crippen LogP contribution in [0.25, 0.3) is 41.7 Å². The second kappa shape index (κ2) is 13.5. The van der Waals surface area contributed by atoms with Gasteiger partial charge in [0.25, 0.3) is 0 Å². The summed E-state index contributed by atoms with van der Waals surface area (Å²) >= 11 is 1.21. The third-order valence-electron chi connectivity index (χ3n) is 9.53. The molecule has 10 heteroatoms. The van der Waals surface area contributed by atoms with E-state index in [0.717, 1.165) is 49.3 Å². The SMILES string of the molecule is O=S(=O)(Oc1c2ccccc2c(N(c2ccccc2)c2ccccc2)c2c1sc1c(N(c3ccccc3)c3ccccc3)c3ccccc3cc12)C(F)(F)F. The zero-order valence-electron chi connectivity index (χ0n) is 28.8. The second-order valence-electron chi connectivity index (χ2n) is 12.8. The molecule has 270 valence electrons. The number of hydrogen-bond acceptors (Lipinski definition) is 6. The number of para-hydroxylation sites is 4. The predicted molar refractivity (Wildman–Crippen MR) is 219 cm³/mol. The highest BCUT2D eigenvalue weighted by molar-refractivity contribution is 7.88. The van der Waals surface area contributed by atoms with Gasteiger partial charge in [-0.3, -0.25) is 0 Å². The molecule has 0 aliphatic carbocycles. The Morgan fingerprint density at radius 3 is 1.38 bits per heavy atom. The lowest BCUT2D eigenvalue weighted by atomic mass is 9.97. The van der Waals surface area contributed by atoms with E-state index in [2.05, 4.69) is 9.80 Å². The number of rotatable bonds is 8. The van der Waals surface area contributed by atoms with Crippen LogP contribution in [0.1, 0.15) is 0 Å². The van der Waals surface area contributed by atoms with Crippen LogP contribution in [0.4, 0.5) is 47.3 Å². The van der Waals surface area contributed by atoms with Crippen LogP contribution in [-0.4, -0.2) is 13.9 Å². The van der Waals surface area contributed by atoms with Gasteiger partial charge in [-0.25, -0.2) is 0 Å². The molecule has 0 unspecified atom stereocenters. The number of anilines is 6. The Labute approximate surface area is 318 Å². The van der Waals surface area contributed by atoms with Gasteiger partial charge >= 0.3 is 15.6 Å². The number of nitrogens with zero attached hydrogens (tertiary/aromatic N) is 2. The molecule has 0 aliphatic rings. The Hall–Kier alpha value is -6.36. The van der Waals surface area contributed by atoms with Gasteiger partial charge < -0.3 is 14.0 Å². The predicted octanol–water partition coefficient (Wildman–Crippen LogP) is 13.5. The first-order chi connectivity index (χ1) is 26.7. The van der Waals surface area contributed by atoms with Gasteiger partial charge in [-0.1, -0.05) is 121 Å². The van der Waals surface area contributed by atoms with Crippen molar-refractivity contribution in [1.29, 1.82) is 0 Å². The normalized spacial score (nSPS) is 12.1. The molecule has 0 radical (unpaired) electrons. The van der Waals surface area contributed by atoms with Gasteiger partial charge in [-0.05, 0) is 60.0 Å². The van der Waals surface area contributed by atoms with Crippen molar-refractivity contribution >= 4 is 97.3 Å². The molecule has 1 heterocycles. The van der Waals surface area contributed by atoms with E-state index in [9.17, 15) is 21.6 Å². The first-order valence-electron chi connectivity index (χ1n) is 17.3. The summed E-state index contributed by atoms with van der Waals surface area (Å²) in [5, 5.41) is 3.78. The van der Waals surface area contributed by atoms with E-state index in [1.807, 2.05) is 152 Å². The van der Waals surface area contributed by atoms with Crippen molar-refractivity contribution in [2.24, 2.45) is 0 Å². The van der Waals surface area contributed by atoms with Crippen LogP contribution in [0.5, 0.6) is 5.75 Å². The monoisotopic (exact) mass is 766 g/mol. The second-order valence-corrected chi connectivity index (χ2v) is 15.4. The zero-order valence-corrected chi connectivity index (χ0v) is 30.4. The molecule has 0 aliphatic heterocycles. The summed E-state index contributed by atoms with van der Waals surface area (Å²) in [6, 6.07) is 55.9. The number of alkyl halides is 3. The van der Waals surface area contributed by atoms with Crippen molar-refractivity contribution in [3.8, 4) is 5.75 Å². The number of halogens is 3. The van der Waals surface area contributed by atoms with Crippen molar-refractivity contribution in [3.05, 3.63) is 176 Å². The maximum Gasteiger partial charge on any atom is 0.534 e. The van der Waals surface area contributed by atoms with E-state index in [0.29, 0.717) is 16.5 Å². The standard InChI is InChI=1S/C45H29F3N2O3S2/c46-45(47,48)55(51,52)53-42-37-28-16-15-27-36(37)40(49(31-18-5-1-6-19-31)32-20-7-2-8-21-32)39-38-29-30-17-13-14-26-35(30)41(43(38)54-44(39)42)50(33-22-9-3-10-23-33)34-24-11-4-12-25-34/h1-29H. The summed E-state index contributed by atoms with van der Waals surface area (Å²) in [7, 11) is -6.08. The van der Waals surface area contributed by atoms with Gasteiger partial charge in [-0.15, -0.1) is 11.3 Å². The van der Waals surface area contributed by atoms with Gasteiger partial charge in [-0.2, -0.15) is 21.6 Å². The molecule has 1 aromatic heterocycles. The van der Waals surface area contributed by atoms with Crippen molar-refractivity contribution in [1.82, 2.24) is 0 Å². The van der Waals surface area contributed by atoms with Crippen LogP contribution in [0.2, 0.25) is 0 Å². The lowest BCUT2D eigenvalue weighted by Crippen LogP contribution is -2.28. The number of benzene rings is 8. The van der Waals surface area contributed by atoms with Crippen LogP contribution in [0.15, 0.2) is 176 Å². The van der Waals surface area contributed by atoms with Crippen LogP contribution in [0.3, 0.4) is 0 Å². The first-order valence-corrected chi connectivity index (χ1v) is 19.6. The molecule has 9 aromatic rings. The van der Waals surface area contributed by atoms with E-state index in [1.165, 1.54) is 11.3 Å². The third-order valence-corrected chi connectivity index (χ3v) is 11.7. The van der Waals surface area contributed by atoms with Crippen LogP contribution in [-0.2, 0) is 10.1 Å². The van der Waals surface area contributed by atoms with Gasteiger partial charge in [0.05, 0.1) is 20.8 Å². The number of fused-ring (bicyclic) bond motifs is 5. The molecule has 0 saturated heterocycles. The highest BCUT2D eigenvalue weighted by Crippen LogP contribution is 2.57. The topological polar surface area (TPSA) is 49.9 Å². The molecule has 5 nitrogen and oxygen atoms in total. The van der Waals surface area contributed by atoms with E-state index in [-0.39, 0.29) is 15.8 Å². The Kier molecular flexibility index (Phi) is 8.44. The summed E-state index contributed by atoms with van der Waals surface area (Å²) < 4.78 is 74.7. The fourth-order valence-electron chi connectivity index (χ4n) is 7.23. The summed E-state index contributed by atoms with van der Waals surface area (Å²) in [4.78, 5) is 4.21. The molecule has 0 fully saturated rings. The summed E-state index contributed by atoms with van der Waals surface area (Å²) in [6.07, 6.45) is 0. The molecule has 9 rings (SSSR count). The average Bonchev–Trinajstić information content (AvgIpc) is 3.59. The van der Waals surface area contributed by atoms with Crippen molar-refractivity contribution in [2.75, 3.05) is 9.80 Å². The maximum absolute atomic E-state index is 14.2. The molecule has 0 saturated carbocycles. The van der Waals surface area contributed by atoms with Crippen LogP contribution >= 0.6 is 11.3 Å². The molecule has 0 spiro atoms. The minimum atomic E-state index is -6.08. The van der Waals surface area contributed by atoms with Gasteiger partial charge in [0.1, 0.15) is 0 Å². The summed E-state index contributed by atoms with van der Waals surface area (Å²) in [5.74, 6) is -0.380. The van der Waals surface area contributed by atoms with E-state index < -0.39 is 15.6 Å². The maximum atomic E-state index is 14.2. The minimum absolute atomic E-state index is 0.218. The van der Waals surface area contributed by atoms with Crippen LogP contribution < -0.4 is 14.0 Å². The number of thiophene rings is 1. The van der Waals surface area contributed by atoms with Crippen molar-refractivity contribution < 1.29 is 25.8 Å². The quantitative estimate of drug-likeness (QED) is 0.114. The Balaban J connectivity index is 1.52. The molecule has 0 N–H and O–H groups in total. The van der Waals surface area contributed by atoms with Crippen molar-refractivity contribution in [3.63, 3.8) is 0 Å².